The van der Waals surface area contributed by atoms with E-state index in [1.807, 2.05) is 0 Å². The van der Waals surface area contributed by atoms with E-state index in [2.05, 4.69) is 10.3 Å². The van der Waals surface area contributed by atoms with Gasteiger partial charge in [0.1, 0.15) is 11.9 Å². The number of nitrogens with zero attached hydrogens (tertiary/aromatic N) is 3. The van der Waals surface area contributed by atoms with Crippen molar-refractivity contribution in [3.05, 3.63) is 22.6 Å². The molecule has 4 rings (SSSR count). The van der Waals surface area contributed by atoms with Crippen LogP contribution in [0.2, 0.25) is 0 Å². The lowest BCUT2D eigenvalue weighted by Gasteiger charge is -2.33. The Labute approximate surface area is 187 Å². The van der Waals surface area contributed by atoms with E-state index in [9.17, 15) is 22.8 Å². The van der Waals surface area contributed by atoms with Crippen molar-refractivity contribution >= 4 is 39.4 Å². The molecule has 0 unspecified atom stereocenters. The molecule has 0 atom stereocenters. The number of carbonyl (C=O) groups is 2. The van der Waals surface area contributed by atoms with Crippen LogP contribution in [0.5, 0.6) is 0 Å². The van der Waals surface area contributed by atoms with Gasteiger partial charge in [0, 0.05) is 52.0 Å². The van der Waals surface area contributed by atoms with Gasteiger partial charge in [0.05, 0.1) is 21.3 Å². The summed E-state index contributed by atoms with van der Waals surface area (Å²) in [5, 5.41) is 3.85. The molecule has 1 aliphatic carbocycles. The number of nitrogens with one attached hydrogen (secondary N) is 1. The largest absolute Gasteiger partial charge is 0.446 e. The molecule has 1 saturated carbocycles. The number of pyridine rings is 1. The van der Waals surface area contributed by atoms with Crippen molar-refractivity contribution in [3.8, 4) is 0 Å². The predicted molar refractivity (Wildman–Crippen MR) is 115 cm³/mol. The zero-order chi connectivity index (χ0) is 23.0. The highest BCUT2D eigenvalue weighted by Crippen LogP contribution is 2.40. The van der Waals surface area contributed by atoms with Gasteiger partial charge in [-0.2, -0.15) is 13.2 Å². The molecule has 2 fully saturated rings. The zero-order valence-corrected chi connectivity index (χ0v) is 18.7. The van der Waals surface area contributed by atoms with Crippen LogP contribution in [0.15, 0.2) is 11.4 Å². The molecule has 0 radical (unpaired) electrons. The fourth-order valence-corrected chi connectivity index (χ4v) is 4.88. The number of thiophene rings is 1. The van der Waals surface area contributed by atoms with E-state index < -0.39 is 17.6 Å². The van der Waals surface area contributed by atoms with Gasteiger partial charge < -0.3 is 19.9 Å². The quantitative estimate of drug-likeness (QED) is 0.712. The minimum Gasteiger partial charge on any atom is -0.446 e. The first-order valence-electron chi connectivity index (χ1n) is 10.6. The highest BCUT2D eigenvalue weighted by atomic mass is 32.1. The molecule has 2 aromatic heterocycles. The van der Waals surface area contributed by atoms with Crippen LogP contribution in [-0.2, 0) is 10.9 Å². The molecule has 2 amide bonds. The molecule has 11 heteroatoms. The summed E-state index contributed by atoms with van der Waals surface area (Å²) in [6, 6.07) is 1.04. The van der Waals surface area contributed by atoms with Gasteiger partial charge in [-0.25, -0.2) is 9.78 Å². The second-order valence-corrected chi connectivity index (χ2v) is 9.21. The van der Waals surface area contributed by atoms with Gasteiger partial charge in [-0.05, 0) is 24.8 Å². The molecule has 7 nitrogen and oxygen atoms in total. The summed E-state index contributed by atoms with van der Waals surface area (Å²) >= 11 is 0.861. The first-order valence-corrected chi connectivity index (χ1v) is 11.4. The normalized spacial score (nSPS) is 17.5. The Hall–Kier alpha value is -2.56. The second kappa shape index (κ2) is 8.76. The molecular formula is C21H25F3N4O3S. The molecule has 0 aromatic carbocycles. The predicted octanol–water partition coefficient (Wildman–Crippen LogP) is 4.12. The zero-order valence-electron chi connectivity index (χ0n) is 17.9. The topological polar surface area (TPSA) is 74.8 Å². The van der Waals surface area contributed by atoms with Crippen molar-refractivity contribution in [1.82, 2.24) is 15.2 Å². The highest BCUT2D eigenvalue weighted by molar-refractivity contribution is 7.17. The lowest BCUT2D eigenvalue weighted by Crippen LogP contribution is -2.40. The van der Waals surface area contributed by atoms with Gasteiger partial charge in [-0.1, -0.05) is 0 Å². The maximum atomic E-state index is 13.7. The number of amides is 2. The van der Waals surface area contributed by atoms with Gasteiger partial charge in [0.15, 0.2) is 0 Å². The Morgan fingerprint density at radius 3 is 2.56 bits per heavy atom. The number of hydrogen-bond acceptors (Lipinski definition) is 6. The van der Waals surface area contributed by atoms with Crippen LogP contribution in [0.4, 0.5) is 23.8 Å². The van der Waals surface area contributed by atoms with E-state index in [0.717, 1.165) is 30.2 Å². The monoisotopic (exact) mass is 470 g/mol. The summed E-state index contributed by atoms with van der Waals surface area (Å²) < 4.78 is 46.7. The SMILES string of the molecule is CNC(=O)c1csc2c(C(F)(F)F)cc(N3CCC(OC(=O)N(C)CC4CC4)CC3)nc12. The van der Waals surface area contributed by atoms with Crippen LogP contribution in [0.3, 0.4) is 0 Å². The van der Waals surface area contributed by atoms with Crippen LogP contribution < -0.4 is 10.2 Å². The third-order valence-corrected chi connectivity index (χ3v) is 6.86. The highest BCUT2D eigenvalue weighted by Gasteiger charge is 2.36. The van der Waals surface area contributed by atoms with Gasteiger partial charge in [0.2, 0.25) is 0 Å². The van der Waals surface area contributed by atoms with Crippen molar-refractivity contribution < 1.29 is 27.5 Å². The van der Waals surface area contributed by atoms with Crippen LogP contribution >= 0.6 is 11.3 Å². The van der Waals surface area contributed by atoms with Crippen LogP contribution in [-0.4, -0.2) is 61.7 Å². The summed E-state index contributed by atoms with van der Waals surface area (Å²) in [6.45, 7) is 1.50. The maximum absolute atomic E-state index is 13.7. The van der Waals surface area contributed by atoms with E-state index in [4.69, 9.17) is 4.74 Å². The first-order chi connectivity index (χ1) is 15.2. The molecule has 1 saturated heterocycles. The van der Waals surface area contributed by atoms with E-state index >= 15 is 0 Å². The van der Waals surface area contributed by atoms with Crippen molar-refractivity contribution in [2.75, 3.05) is 38.6 Å². The number of anilines is 1. The van der Waals surface area contributed by atoms with Gasteiger partial charge in [-0.3, -0.25) is 4.79 Å². The van der Waals surface area contributed by atoms with Gasteiger partial charge in [0.25, 0.3) is 5.91 Å². The number of aromatic nitrogens is 1. The van der Waals surface area contributed by atoms with Crippen LogP contribution in [0, 0.1) is 5.92 Å². The van der Waals surface area contributed by atoms with Crippen molar-refractivity contribution in [2.45, 2.75) is 38.0 Å². The Bertz CT molecular complexity index is 1010. The Balaban J connectivity index is 1.50. The number of rotatable bonds is 5. The molecule has 1 N–H and O–H groups in total. The molecule has 0 spiro atoms. The summed E-state index contributed by atoms with van der Waals surface area (Å²) in [6.07, 6.45) is -1.94. The Morgan fingerprint density at radius 1 is 1.28 bits per heavy atom. The number of piperidine rings is 1. The minimum atomic E-state index is -4.57. The molecular weight excluding hydrogens is 445 g/mol. The molecule has 2 aromatic rings. The third kappa shape index (κ3) is 4.77. The van der Waals surface area contributed by atoms with Crippen molar-refractivity contribution in [2.24, 2.45) is 5.92 Å². The van der Waals surface area contributed by atoms with Crippen LogP contribution in [0.25, 0.3) is 10.2 Å². The van der Waals surface area contributed by atoms with Crippen molar-refractivity contribution in [3.63, 3.8) is 0 Å². The van der Waals surface area contributed by atoms with E-state index in [-0.39, 0.29) is 33.8 Å². The number of halogens is 3. The lowest BCUT2D eigenvalue weighted by molar-refractivity contribution is -0.136. The smallest absolute Gasteiger partial charge is 0.417 e. The number of fused-ring (bicyclic) bond motifs is 1. The van der Waals surface area contributed by atoms with Crippen LogP contribution in [0.1, 0.15) is 41.6 Å². The van der Waals surface area contributed by atoms with E-state index in [1.165, 1.54) is 12.4 Å². The summed E-state index contributed by atoms with van der Waals surface area (Å²) in [4.78, 5) is 32.1. The van der Waals surface area contributed by atoms with Gasteiger partial charge >= 0.3 is 12.3 Å². The molecule has 32 heavy (non-hydrogen) atoms. The Morgan fingerprint density at radius 2 is 1.97 bits per heavy atom. The summed E-state index contributed by atoms with van der Waals surface area (Å²) in [5.41, 5.74) is -0.621. The maximum Gasteiger partial charge on any atom is 0.417 e. The molecule has 3 heterocycles. The van der Waals surface area contributed by atoms with Gasteiger partial charge in [-0.15, -0.1) is 11.3 Å². The first kappa shape index (κ1) is 22.6. The van der Waals surface area contributed by atoms with Crippen molar-refractivity contribution in [1.29, 1.82) is 0 Å². The number of alkyl halides is 3. The standard InChI is InChI=1S/C21H25F3N4O3S/c1-25-19(29)14-11-32-18-15(21(22,23)24)9-16(26-17(14)18)28-7-5-13(6-8-28)31-20(30)27(2)10-12-3-4-12/h9,11-13H,3-8,10H2,1-2H3,(H,25,29). The molecule has 174 valence electrons. The van der Waals surface area contributed by atoms with E-state index in [1.54, 1.807) is 16.8 Å². The third-order valence-electron chi connectivity index (χ3n) is 5.86. The number of hydrogen-bond donors (Lipinski definition) is 1. The minimum absolute atomic E-state index is 0.0504. The molecule has 1 aliphatic heterocycles. The summed E-state index contributed by atoms with van der Waals surface area (Å²) in [7, 11) is 3.15. The average molecular weight is 471 g/mol. The fraction of sp³-hybridized carbons (Fsp3) is 0.571. The number of carbonyl (C=O) groups excluding carboxylic acids is 2. The second-order valence-electron chi connectivity index (χ2n) is 8.33. The Kier molecular flexibility index (Phi) is 6.19. The summed E-state index contributed by atoms with van der Waals surface area (Å²) in [5.74, 6) is 0.258. The number of ether oxygens (including phenoxy) is 1. The molecule has 2 aliphatic rings. The fourth-order valence-electron chi connectivity index (χ4n) is 3.86. The van der Waals surface area contributed by atoms with E-state index in [0.29, 0.717) is 38.4 Å². The average Bonchev–Trinajstić information content (AvgIpc) is 3.47. The molecule has 0 bridgehead atoms. The lowest BCUT2D eigenvalue weighted by atomic mass is 10.1.